The Balaban J connectivity index is 1.74. The number of methoxy groups -OCH3 is 1. The third-order valence-electron chi connectivity index (χ3n) is 4.15. The van der Waals surface area contributed by atoms with E-state index >= 15 is 0 Å². The van der Waals surface area contributed by atoms with E-state index in [1.54, 1.807) is 35.8 Å². The highest BCUT2D eigenvalue weighted by atomic mass is 32.1. The highest BCUT2D eigenvalue weighted by Crippen LogP contribution is 2.37. The van der Waals surface area contributed by atoms with Crippen LogP contribution in [0.5, 0.6) is 0 Å². The number of hydrogen-bond donors (Lipinski definition) is 1. The maximum Gasteiger partial charge on any atom is 0.158 e. The fourth-order valence-corrected chi connectivity index (χ4v) is 3.97. The van der Waals surface area contributed by atoms with Crippen LogP contribution < -0.4 is 5.32 Å². The lowest BCUT2D eigenvalue weighted by molar-refractivity contribution is 0.178. The van der Waals surface area contributed by atoms with Crippen molar-refractivity contribution in [2.75, 3.05) is 12.4 Å². The van der Waals surface area contributed by atoms with Crippen molar-refractivity contribution in [3.8, 4) is 11.1 Å². The maximum absolute atomic E-state index is 5.24. The second-order valence-corrected chi connectivity index (χ2v) is 7.14. The van der Waals surface area contributed by atoms with Crippen molar-refractivity contribution in [3.63, 3.8) is 0 Å². The Labute approximate surface area is 161 Å². The molecule has 138 valence electrons. The van der Waals surface area contributed by atoms with Crippen LogP contribution in [0, 0.1) is 0 Å². The second-order valence-electron chi connectivity index (χ2n) is 6.28. The molecule has 1 N–H and O–H groups in total. The number of aromatic nitrogens is 5. The van der Waals surface area contributed by atoms with Crippen LogP contribution in [0.15, 0.2) is 48.4 Å². The molecule has 3 aromatic heterocycles. The number of rotatable bonds is 7. The molecule has 7 nitrogen and oxygen atoms in total. The van der Waals surface area contributed by atoms with Crippen molar-refractivity contribution in [2.45, 2.75) is 26.1 Å². The van der Waals surface area contributed by atoms with Crippen LogP contribution in [0.1, 0.15) is 12.7 Å². The lowest BCUT2D eigenvalue weighted by atomic mass is 10.1. The van der Waals surface area contributed by atoms with Crippen LogP contribution in [0.2, 0.25) is 0 Å². The van der Waals surface area contributed by atoms with Gasteiger partial charge in [-0.25, -0.2) is 15.0 Å². The zero-order valence-corrected chi connectivity index (χ0v) is 16.0. The first-order chi connectivity index (χ1) is 13.2. The first kappa shape index (κ1) is 17.6. The predicted octanol–water partition coefficient (Wildman–Crippen LogP) is 3.60. The van der Waals surface area contributed by atoms with Crippen LogP contribution in [-0.4, -0.2) is 37.9 Å². The van der Waals surface area contributed by atoms with Gasteiger partial charge in [-0.2, -0.15) is 5.10 Å². The van der Waals surface area contributed by atoms with Crippen molar-refractivity contribution in [1.29, 1.82) is 0 Å². The van der Waals surface area contributed by atoms with Crippen LogP contribution in [0.25, 0.3) is 21.3 Å². The first-order valence-electron chi connectivity index (χ1n) is 8.66. The van der Waals surface area contributed by atoms with E-state index in [0.29, 0.717) is 19.0 Å². The summed E-state index contributed by atoms with van der Waals surface area (Å²) in [6.07, 6.45) is 3.25. The molecule has 1 atom stereocenters. The summed E-state index contributed by atoms with van der Waals surface area (Å²) in [7, 11) is 1.65. The number of nitrogens with one attached hydrogen (secondary N) is 1. The standard InChI is InChI=1S/C19H20N6OS/c1-13(8-25-12-20-11-21-25)22-18-17-15(14-6-4-3-5-7-14)10-27-19(17)24-16(23-18)9-26-2/h3-7,10-13H,8-9H2,1-2H3,(H,22,23,24)/t13-/m1/s1. The molecule has 0 spiro atoms. The maximum atomic E-state index is 5.24. The van der Waals surface area contributed by atoms with Gasteiger partial charge in [-0.15, -0.1) is 11.3 Å². The van der Waals surface area contributed by atoms with E-state index in [0.717, 1.165) is 27.2 Å². The molecule has 0 saturated heterocycles. The number of hydrogen-bond acceptors (Lipinski definition) is 7. The minimum Gasteiger partial charge on any atom is -0.377 e. The van der Waals surface area contributed by atoms with E-state index in [4.69, 9.17) is 9.72 Å². The van der Waals surface area contributed by atoms with Crippen molar-refractivity contribution in [1.82, 2.24) is 24.7 Å². The molecular weight excluding hydrogens is 360 g/mol. The van der Waals surface area contributed by atoms with Gasteiger partial charge < -0.3 is 10.1 Å². The molecule has 4 rings (SSSR count). The average molecular weight is 380 g/mol. The Hall–Kier alpha value is -2.84. The summed E-state index contributed by atoms with van der Waals surface area (Å²) in [5, 5.41) is 10.9. The predicted molar refractivity (Wildman–Crippen MR) is 107 cm³/mol. The Kier molecular flexibility index (Phi) is 5.08. The summed E-state index contributed by atoms with van der Waals surface area (Å²) in [4.78, 5) is 14.4. The molecule has 1 aromatic carbocycles. The largest absolute Gasteiger partial charge is 0.377 e. The molecule has 0 aliphatic heterocycles. The van der Waals surface area contributed by atoms with Crippen LogP contribution >= 0.6 is 11.3 Å². The normalized spacial score (nSPS) is 12.4. The van der Waals surface area contributed by atoms with Gasteiger partial charge in [0, 0.05) is 24.1 Å². The third-order valence-corrected chi connectivity index (χ3v) is 5.02. The van der Waals surface area contributed by atoms with E-state index < -0.39 is 0 Å². The smallest absolute Gasteiger partial charge is 0.158 e. The summed E-state index contributed by atoms with van der Waals surface area (Å²) in [6.45, 7) is 3.16. The van der Waals surface area contributed by atoms with Gasteiger partial charge in [0.25, 0.3) is 0 Å². The molecule has 0 unspecified atom stereocenters. The van der Waals surface area contributed by atoms with Crippen molar-refractivity contribution in [3.05, 3.63) is 54.2 Å². The van der Waals surface area contributed by atoms with Crippen LogP contribution in [-0.2, 0) is 17.9 Å². The molecule has 4 aromatic rings. The first-order valence-corrected chi connectivity index (χ1v) is 9.54. The molecule has 3 heterocycles. The summed E-state index contributed by atoms with van der Waals surface area (Å²) in [6, 6.07) is 10.4. The van der Waals surface area contributed by atoms with Gasteiger partial charge in [-0.1, -0.05) is 30.3 Å². The summed E-state index contributed by atoms with van der Waals surface area (Å²) >= 11 is 1.62. The Bertz CT molecular complexity index is 1020. The molecule has 0 saturated carbocycles. The monoisotopic (exact) mass is 380 g/mol. The minimum atomic E-state index is 0.115. The second kappa shape index (κ2) is 7.81. The van der Waals surface area contributed by atoms with Gasteiger partial charge in [0.1, 0.15) is 29.9 Å². The molecule has 0 bridgehead atoms. The molecule has 0 amide bonds. The minimum absolute atomic E-state index is 0.115. The highest BCUT2D eigenvalue weighted by Gasteiger charge is 2.17. The molecule has 27 heavy (non-hydrogen) atoms. The summed E-state index contributed by atoms with van der Waals surface area (Å²) in [5.41, 5.74) is 2.29. The fourth-order valence-electron chi connectivity index (χ4n) is 3.00. The molecule has 0 aliphatic rings. The van der Waals surface area contributed by atoms with Gasteiger partial charge in [0.15, 0.2) is 5.82 Å². The van der Waals surface area contributed by atoms with Crippen LogP contribution in [0.4, 0.5) is 5.82 Å². The van der Waals surface area contributed by atoms with Crippen molar-refractivity contribution in [2.24, 2.45) is 0 Å². The molecule has 0 fully saturated rings. The lowest BCUT2D eigenvalue weighted by Crippen LogP contribution is -2.23. The van der Waals surface area contributed by atoms with Crippen LogP contribution in [0.3, 0.4) is 0 Å². The Morgan fingerprint density at radius 2 is 2.07 bits per heavy atom. The average Bonchev–Trinajstić information content (AvgIpc) is 3.32. The van der Waals surface area contributed by atoms with E-state index in [1.807, 2.05) is 18.2 Å². The van der Waals surface area contributed by atoms with Crippen molar-refractivity contribution >= 4 is 27.4 Å². The van der Waals surface area contributed by atoms with Gasteiger partial charge >= 0.3 is 0 Å². The van der Waals surface area contributed by atoms with Gasteiger partial charge in [-0.3, -0.25) is 4.68 Å². The number of fused-ring (bicyclic) bond motifs is 1. The zero-order chi connectivity index (χ0) is 18.6. The number of nitrogens with zero attached hydrogens (tertiary/aromatic N) is 5. The quantitative estimate of drug-likeness (QED) is 0.528. The van der Waals surface area contributed by atoms with E-state index in [9.17, 15) is 0 Å². The van der Waals surface area contributed by atoms with Gasteiger partial charge in [0.05, 0.1) is 11.9 Å². The SMILES string of the molecule is COCc1nc(N[C@H](C)Cn2cncn2)c2c(-c3ccccc3)csc2n1. The third kappa shape index (κ3) is 3.81. The summed E-state index contributed by atoms with van der Waals surface area (Å²) in [5.74, 6) is 1.49. The number of benzene rings is 1. The van der Waals surface area contributed by atoms with E-state index in [2.05, 4.69) is 44.8 Å². The topological polar surface area (TPSA) is 77.8 Å². The van der Waals surface area contributed by atoms with Gasteiger partial charge in [0.2, 0.25) is 0 Å². The summed E-state index contributed by atoms with van der Waals surface area (Å²) < 4.78 is 7.05. The fraction of sp³-hybridized carbons (Fsp3) is 0.263. The highest BCUT2D eigenvalue weighted by molar-refractivity contribution is 7.17. The van der Waals surface area contributed by atoms with Gasteiger partial charge in [-0.05, 0) is 12.5 Å². The molecule has 0 radical (unpaired) electrons. The molecular formula is C19H20N6OS. The molecule has 0 aliphatic carbocycles. The zero-order valence-electron chi connectivity index (χ0n) is 15.2. The van der Waals surface area contributed by atoms with Crippen molar-refractivity contribution < 1.29 is 4.74 Å². The Morgan fingerprint density at radius 3 is 2.81 bits per heavy atom. The number of anilines is 1. The van der Waals surface area contributed by atoms with E-state index in [1.165, 1.54) is 0 Å². The number of thiophene rings is 1. The lowest BCUT2D eigenvalue weighted by Gasteiger charge is -2.16. The Morgan fingerprint density at radius 1 is 1.22 bits per heavy atom. The number of ether oxygens (including phenoxy) is 1. The molecule has 8 heteroatoms. The van der Waals surface area contributed by atoms with E-state index in [-0.39, 0.29) is 6.04 Å².